The van der Waals surface area contributed by atoms with Crippen molar-refractivity contribution in [2.24, 2.45) is 23.2 Å². The van der Waals surface area contributed by atoms with Gasteiger partial charge in [-0.3, -0.25) is 15.0 Å². The molecular formula is C23H31N3O2. The van der Waals surface area contributed by atoms with Crippen molar-refractivity contribution < 1.29 is 9.59 Å². The van der Waals surface area contributed by atoms with Gasteiger partial charge in [-0.25, -0.2) is 5.01 Å². The Balaban J connectivity index is 1.09. The molecule has 1 aromatic carbocycles. The highest BCUT2D eigenvalue weighted by atomic mass is 16.2. The molecule has 5 aliphatic rings. The van der Waals surface area contributed by atoms with E-state index >= 15 is 0 Å². The van der Waals surface area contributed by atoms with E-state index in [9.17, 15) is 9.59 Å². The van der Waals surface area contributed by atoms with Crippen LogP contribution in [0.15, 0.2) is 24.3 Å². The summed E-state index contributed by atoms with van der Waals surface area (Å²) in [5.74, 6) is 2.48. The van der Waals surface area contributed by atoms with Gasteiger partial charge in [0.05, 0.1) is 6.54 Å². The van der Waals surface area contributed by atoms with Crippen LogP contribution in [0, 0.1) is 23.2 Å². The molecular weight excluding hydrogens is 350 g/mol. The highest BCUT2D eigenvalue weighted by Gasteiger charge is 2.51. The van der Waals surface area contributed by atoms with Crippen molar-refractivity contribution in [3.05, 3.63) is 35.4 Å². The van der Waals surface area contributed by atoms with E-state index in [0.29, 0.717) is 6.42 Å². The molecule has 2 N–H and O–H groups in total. The number of amides is 2. The Bertz CT molecular complexity index is 740. The minimum absolute atomic E-state index is 0.0566. The van der Waals surface area contributed by atoms with Gasteiger partial charge in [-0.05, 0) is 79.2 Å². The van der Waals surface area contributed by atoms with Crippen LogP contribution in [0.3, 0.4) is 0 Å². The van der Waals surface area contributed by atoms with E-state index in [2.05, 4.69) is 28.9 Å². The van der Waals surface area contributed by atoms with Crippen molar-refractivity contribution in [1.82, 2.24) is 15.8 Å². The summed E-state index contributed by atoms with van der Waals surface area (Å²) in [6.45, 7) is 1.61. The maximum atomic E-state index is 12.6. The number of nitrogens with zero attached hydrogens (tertiary/aromatic N) is 1. The first-order chi connectivity index (χ1) is 13.6. The molecule has 5 nitrogen and oxygen atoms in total. The molecule has 4 aliphatic carbocycles. The zero-order chi connectivity index (χ0) is 19.1. The first-order valence-electron chi connectivity index (χ1n) is 10.9. The Morgan fingerprint density at radius 1 is 0.964 bits per heavy atom. The van der Waals surface area contributed by atoms with Gasteiger partial charge >= 0.3 is 0 Å². The number of nitrogens with one attached hydrogen (secondary N) is 2. The number of carbonyl (C=O) groups is 2. The van der Waals surface area contributed by atoms with Crippen LogP contribution in [0.5, 0.6) is 0 Å². The minimum atomic E-state index is -0.127. The Labute approximate surface area is 167 Å². The Morgan fingerprint density at radius 3 is 2.29 bits per heavy atom. The van der Waals surface area contributed by atoms with Gasteiger partial charge < -0.3 is 5.32 Å². The van der Waals surface area contributed by atoms with Crippen molar-refractivity contribution in [2.75, 3.05) is 13.1 Å². The van der Waals surface area contributed by atoms with E-state index in [1.165, 1.54) is 49.7 Å². The van der Waals surface area contributed by atoms with Gasteiger partial charge in [0.15, 0.2) is 0 Å². The van der Waals surface area contributed by atoms with E-state index in [-0.39, 0.29) is 23.8 Å². The number of hydrazine groups is 1. The van der Waals surface area contributed by atoms with E-state index in [1.54, 1.807) is 0 Å². The monoisotopic (exact) mass is 381 g/mol. The lowest BCUT2D eigenvalue weighted by atomic mass is 9.49. The lowest BCUT2D eigenvalue weighted by molar-refractivity contribution is -0.133. The number of hydrogen-bond donors (Lipinski definition) is 2. The summed E-state index contributed by atoms with van der Waals surface area (Å²) in [6.07, 6.45) is 9.41. The summed E-state index contributed by atoms with van der Waals surface area (Å²) in [4.78, 5) is 24.9. The summed E-state index contributed by atoms with van der Waals surface area (Å²) >= 11 is 0. The molecule has 4 saturated carbocycles. The van der Waals surface area contributed by atoms with Crippen molar-refractivity contribution in [1.29, 1.82) is 0 Å². The first-order valence-corrected chi connectivity index (χ1v) is 10.9. The molecule has 5 heteroatoms. The van der Waals surface area contributed by atoms with Crippen LogP contribution >= 0.6 is 0 Å². The zero-order valence-electron chi connectivity index (χ0n) is 16.6. The fourth-order valence-electron chi connectivity index (χ4n) is 6.90. The zero-order valence-corrected chi connectivity index (χ0v) is 16.6. The summed E-state index contributed by atoms with van der Waals surface area (Å²) in [5.41, 5.74) is 5.80. The van der Waals surface area contributed by atoms with E-state index in [0.717, 1.165) is 37.3 Å². The molecule has 2 amide bonds. The average molecular weight is 382 g/mol. The summed E-state index contributed by atoms with van der Waals surface area (Å²) in [6, 6.07) is 8.36. The number of fused-ring (bicyclic) bond motifs is 1. The molecule has 150 valence electrons. The molecule has 4 bridgehead atoms. The third kappa shape index (κ3) is 3.69. The molecule has 6 rings (SSSR count). The number of rotatable bonds is 5. The standard InChI is InChI=1S/C23H31N3O2/c27-21(13-23-10-16-7-17(11-23)9-18(8-16)12-23)24-14-22(28)25-26-6-5-19-3-1-2-4-20(19)15-26/h1-4,16-18H,5-15H2,(H,24,27)(H,25,28). The van der Waals surface area contributed by atoms with Crippen LogP contribution in [-0.2, 0) is 22.6 Å². The van der Waals surface area contributed by atoms with Gasteiger partial charge in [-0.2, -0.15) is 0 Å². The van der Waals surface area contributed by atoms with Crippen molar-refractivity contribution >= 4 is 11.8 Å². The molecule has 4 fully saturated rings. The predicted molar refractivity (Wildman–Crippen MR) is 107 cm³/mol. The molecule has 0 unspecified atom stereocenters. The molecule has 0 saturated heterocycles. The Hall–Kier alpha value is -1.88. The number of hydrogen-bond acceptors (Lipinski definition) is 3. The molecule has 0 atom stereocenters. The second-order valence-corrected chi connectivity index (χ2v) is 9.85. The van der Waals surface area contributed by atoms with Crippen LogP contribution < -0.4 is 10.7 Å². The third-order valence-electron chi connectivity index (χ3n) is 7.56. The van der Waals surface area contributed by atoms with E-state index in [1.807, 2.05) is 11.1 Å². The number of carbonyl (C=O) groups excluding carboxylic acids is 2. The first kappa shape index (κ1) is 18.2. The molecule has 0 radical (unpaired) electrons. The van der Waals surface area contributed by atoms with Crippen LogP contribution in [0.25, 0.3) is 0 Å². The second kappa shape index (κ2) is 7.18. The highest BCUT2D eigenvalue weighted by Crippen LogP contribution is 2.61. The Kier molecular flexibility index (Phi) is 4.66. The highest BCUT2D eigenvalue weighted by molar-refractivity contribution is 5.84. The van der Waals surface area contributed by atoms with Gasteiger partial charge in [-0.1, -0.05) is 24.3 Å². The van der Waals surface area contributed by atoms with Crippen LogP contribution in [-0.4, -0.2) is 29.9 Å². The number of benzene rings is 1. The normalized spacial score (nSPS) is 33.4. The smallest absolute Gasteiger partial charge is 0.253 e. The largest absolute Gasteiger partial charge is 0.347 e. The fraction of sp³-hybridized carbons (Fsp3) is 0.652. The van der Waals surface area contributed by atoms with Gasteiger partial charge in [0, 0.05) is 19.5 Å². The average Bonchev–Trinajstić information content (AvgIpc) is 2.65. The molecule has 1 aromatic rings. The van der Waals surface area contributed by atoms with Gasteiger partial charge in [0.1, 0.15) is 0 Å². The predicted octanol–water partition coefficient (Wildman–Crippen LogP) is 2.80. The maximum Gasteiger partial charge on any atom is 0.253 e. The second-order valence-electron chi connectivity index (χ2n) is 9.85. The molecule has 0 aromatic heterocycles. The molecule has 0 spiro atoms. The topological polar surface area (TPSA) is 61.4 Å². The molecule has 1 aliphatic heterocycles. The molecule has 28 heavy (non-hydrogen) atoms. The van der Waals surface area contributed by atoms with Crippen LogP contribution in [0.1, 0.15) is 56.1 Å². The van der Waals surface area contributed by atoms with Crippen LogP contribution in [0.4, 0.5) is 0 Å². The third-order valence-corrected chi connectivity index (χ3v) is 7.56. The van der Waals surface area contributed by atoms with Crippen LogP contribution in [0.2, 0.25) is 0 Å². The summed E-state index contributed by atoms with van der Waals surface area (Å²) < 4.78 is 0. The summed E-state index contributed by atoms with van der Waals surface area (Å²) in [7, 11) is 0. The summed E-state index contributed by atoms with van der Waals surface area (Å²) in [5, 5.41) is 4.84. The maximum absolute atomic E-state index is 12.6. The van der Waals surface area contributed by atoms with Crippen molar-refractivity contribution in [3.8, 4) is 0 Å². The van der Waals surface area contributed by atoms with E-state index in [4.69, 9.17) is 0 Å². The fourth-order valence-corrected chi connectivity index (χ4v) is 6.90. The van der Waals surface area contributed by atoms with Gasteiger partial charge in [0.25, 0.3) is 5.91 Å². The quantitative estimate of drug-likeness (QED) is 0.824. The molecule has 1 heterocycles. The lowest BCUT2D eigenvalue weighted by Crippen LogP contribution is -2.50. The Morgan fingerprint density at radius 2 is 1.61 bits per heavy atom. The minimum Gasteiger partial charge on any atom is -0.347 e. The SMILES string of the molecule is O=C(CC12CC3CC(CC(C3)C1)C2)NCC(=O)NN1CCc2ccccc2C1. The van der Waals surface area contributed by atoms with E-state index < -0.39 is 0 Å². The van der Waals surface area contributed by atoms with Gasteiger partial charge in [0.2, 0.25) is 5.91 Å². The van der Waals surface area contributed by atoms with Crippen molar-refractivity contribution in [3.63, 3.8) is 0 Å². The van der Waals surface area contributed by atoms with Crippen molar-refractivity contribution in [2.45, 2.75) is 57.9 Å². The van der Waals surface area contributed by atoms with Gasteiger partial charge in [-0.15, -0.1) is 0 Å². The lowest BCUT2D eigenvalue weighted by Gasteiger charge is -2.56.